The highest BCUT2D eigenvalue weighted by atomic mass is 35.5. The van der Waals surface area contributed by atoms with Gasteiger partial charge in [-0.05, 0) is 49.6 Å². The molecule has 2 aromatic carbocycles. The summed E-state index contributed by atoms with van der Waals surface area (Å²) in [4.78, 5) is 23.2. The van der Waals surface area contributed by atoms with Crippen molar-refractivity contribution in [2.45, 2.75) is 20.8 Å². The number of nitro groups is 1. The van der Waals surface area contributed by atoms with Crippen LogP contribution in [0.15, 0.2) is 24.3 Å². The van der Waals surface area contributed by atoms with E-state index in [1.54, 1.807) is 13.2 Å². The normalized spacial score (nSPS) is 10.5. The van der Waals surface area contributed by atoms with Crippen LogP contribution in [0.1, 0.15) is 32.6 Å². The first-order valence-corrected chi connectivity index (χ1v) is 7.29. The standard InChI is InChI=1S/C17H16ClNO4/c1-9-7-13(10(2)11(3)17(9)23-4)16(20)14-8-12(19(21)22)5-6-15(14)18/h5-8H,1-4H3. The first kappa shape index (κ1) is 17.0. The third-order valence-corrected chi connectivity index (χ3v) is 4.21. The molecule has 0 saturated heterocycles. The largest absolute Gasteiger partial charge is 0.496 e. The SMILES string of the molecule is COc1c(C)cc(C(=O)c2cc([N+](=O)[O-])ccc2Cl)c(C)c1C. The topological polar surface area (TPSA) is 69.4 Å². The number of carbonyl (C=O) groups excluding carboxylic acids is 1. The zero-order valence-corrected chi connectivity index (χ0v) is 14.0. The highest BCUT2D eigenvalue weighted by Crippen LogP contribution is 2.31. The molecule has 0 aromatic heterocycles. The van der Waals surface area contributed by atoms with Crippen LogP contribution >= 0.6 is 11.6 Å². The summed E-state index contributed by atoms with van der Waals surface area (Å²) >= 11 is 6.07. The van der Waals surface area contributed by atoms with Gasteiger partial charge in [-0.2, -0.15) is 0 Å². The van der Waals surface area contributed by atoms with Gasteiger partial charge in [-0.15, -0.1) is 0 Å². The average Bonchev–Trinajstić information content (AvgIpc) is 2.51. The monoisotopic (exact) mass is 333 g/mol. The van der Waals surface area contributed by atoms with E-state index in [0.29, 0.717) is 5.56 Å². The first-order chi connectivity index (χ1) is 10.8. The third kappa shape index (κ3) is 3.05. The van der Waals surface area contributed by atoms with E-state index in [1.165, 1.54) is 18.2 Å². The lowest BCUT2D eigenvalue weighted by Crippen LogP contribution is -2.08. The number of ketones is 1. The van der Waals surface area contributed by atoms with Gasteiger partial charge in [0.2, 0.25) is 0 Å². The van der Waals surface area contributed by atoms with E-state index in [0.717, 1.165) is 22.4 Å². The highest BCUT2D eigenvalue weighted by molar-refractivity contribution is 6.35. The van der Waals surface area contributed by atoms with Crippen LogP contribution in [0.5, 0.6) is 5.75 Å². The van der Waals surface area contributed by atoms with Crippen molar-refractivity contribution < 1.29 is 14.5 Å². The minimum atomic E-state index is -0.551. The van der Waals surface area contributed by atoms with Crippen molar-refractivity contribution in [2.75, 3.05) is 7.11 Å². The summed E-state index contributed by atoms with van der Waals surface area (Å²) in [6.07, 6.45) is 0. The quantitative estimate of drug-likeness (QED) is 0.472. The Hall–Kier alpha value is -2.40. The minimum Gasteiger partial charge on any atom is -0.496 e. The maximum absolute atomic E-state index is 12.8. The smallest absolute Gasteiger partial charge is 0.270 e. The second-order valence-corrected chi connectivity index (χ2v) is 5.68. The Morgan fingerprint density at radius 2 is 1.78 bits per heavy atom. The number of rotatable bonds is 4. The van der Waals surface area contributed by atoms with Crippen LogP contribution in [-0.4, -0.2) is 17.8 Å². The van der Waals surface area contributed by atoms with Crippen LogP contribution in [0.4, 0.5) is 5.69 Å². The summed E-state index contributed by atoms with van der Waals surface area (Å²) in [5.41, 5.74) is 2.85. The summed E-state index contributed by atoms with van der Waals surface area (Å²) in [7, 11) is 1.58. The molecular formula is C17H16ClNO4. The molecule has 0 amide bonds. The molecule has 0 fully saturated rings. The molecule has 0 aliphatic heterocycles. The van der Waals surface area contributed by atoms with Crippen molar-refractivity contribution in [3.63, 3.8) is 0 Å². The summed E-state index contributed by atoms with van der Waals surface area (Å²) in [6, 6.07) is 5.57. The van der Waals surface area contributed by atoms with E-state index < -0.39 is 4.92 Å². The van der Waals surface area contributed by atoms with Crippen molar-refractivity contribution in [3.05, 3.63) is 67.2 Å². The van der Waals surface area contributed by atoms with Gasteiger partial charge in [-0.1, -0.05) is 11.6 Å². The number of nitro benzene ring substituents is 1. The Morgan fingerprint density at radius 1 is 1.13 bits per heavy atom. The predicted octanol–water partition coefficient (Wildman–Crippen LogP) is 4.41. The Morgan fingerprint density at radius 3 is 2.35 bits per heavy atom. The van der Waals surface area contributed by atoms with Crippen molar-refractivity contribution in [1.82, 2.24) is 0 Å². The molecule has 0 aliphatic rings. The van der Waals surface area contributed by atoms with Crippen LogP contribution in [0.2, 0.25) is 5.02 Å². The molecule has 2 rings (SSSR count). The van der Waals surface area contributed by atoms with Crippen molar-refractivity contribution in [1.29, 1.82) is 0 Å². The molecule has 120 valence electrons. The third-order valence-electron chi connectivity index (χ3n) is 3.88. The molecule has 0 N–H and O–H groups in total. The Bertz CT molecular complexity index is 815. The lowest BCUT2D eigenvalue weighted by atomic mass is 9.93. The second-order valence-electron chi connectivity index (χ2n) is 5.27. The van der Waals surface area contributed by atoms with E-state index in [-0.39, 0.29) is 22.1 Å². The number of hydrogen-bond donors (Lipinski definition) is 0. The van der Waals surface area contributed by atoms with Gasteiger partial charge in [0.1, 0.15) is 5.75 Å². The molecule has 0 saturated carbocycles. The van der Waals surface area contributed by atoms with Gasteiger partial charge in [-0.3, -0.25) is 14.9 Å². The number of aryl methyl sites for hydroxylation is 1. The molecule has 0 unspecified atom stereocenters. The lowest BCUT2D eigenvalue weighted by molar-refractivity contribution is -0.384. The van der Waals surface area contributed by atoms with Crippen molar-refractivity contribution in [3.8, 4) is 5.75 Å². The number of benzene rings is 2. The van der Waals surface area contributed by atoms with Gasteiger partial charge in [0.25, 0.3) is 5.69 Å². The Balaban J connectivity index is 2.62. The average molecular weight is 334 g/mol. The number of ether oxygens (including phenoxy) is 1. The zero-order valence-electron chi connectivity index (χ0n) is 13.3. The fourth-order valence-corrected chi connectivity index (χ4v) is 2.76. The summed E-state index contributed by atoms with van der Waals surface area (Å²) in [5.74, 6) is 0.384. The summed E-state index contributed by atoms with van der Waals surface area (Å²) in [6.45, 7) is 5.53. The molecule has 0 heterocycles. The molecule has 0 aliphatic carbocycles. The molecule has 6 heteroatoms. The molecule has 0 bridgehead atoms. The van der Waals surface area contributed by atoms with Gasteiger partial charge in [0.05, 0.1) is 17.1 Å². The van der Waals surface area contributed by atoms with E-state index in [1.807, 2.05) is 20.8 Å². The lowest BCUT2D eigenvalue weighted by Gasteiger charge is -2.15. The van der Waals surface area contributed by atoms with E-state index in [4.69, 9.17) is 16.3 Å². The maximum atomic E-state index is 12.8. The predicted molar refractivity (Wildman–Crippen MR) is 88.7 cm³/mol. The van der Waals surface area contributed by atoms with Crippen molar-refractivity contribution in [2.24, 2.45) is 0 Å². The number of methoxy groups -OCH3 is 1. The van der Waals surface area contributed by atoms with Gasteiger partial charge < -0.3 is 4.74 Å². The number of hydrogen-bond acceptors (Lipinski definition) is 4. The Kier molecular flexibility index (Phi) is 4.71. The minimum absolute atomic E-state index is 0.118. The van der Waals surface area contributed by atoms with Crippen LogP contribution in [-0.2, 0) is 0 Å². The highest BCUT2D eigenvalue weighted by Gasteiger charge is 2.21. The van der Waals surface area contributed by atoms with Crippen molar-refractivity contribution >= 4 is 23.1 Å². The van der Waals surface area contributed by atoms with Gasteiger partial charge in [0.15, 0.2) is 5.78 Å². The molecule has 23 heavy (non-hydrogen) atoms. The molecule has 0 radical (unpaired) electrons. The number of non-ortho nitro benzene ring substituents is 1. The fraction of sp³-hybridized carbons (Fsp3) is 0.235. The number of halogens is 1. The maximum Gasteiger partial charge on any atom is 0.270 e. The zero-order chi connectivity index (χ0) is 17.3. The van der Waals surface area contributed by atoms with Gasteiger partial charge in [0, 0.05) is 23.3 Å². The molecular weight excluding hydrogens is 318 g/mol. The number of carbonyl (C=O) groups is 1. The first-order valence-electron chi connectivity index (χ1n) is 6.91. The van der Waals surface area contributed by atoms with E-state index >= 15 is 0 Å². The van der Waals surface area contributed by atoms with E-state index in [2.05, 4.69) is 0 Å². The molecule has 0 atom stereocenters. The van der Waals surface area contributed by atoms with Crippen LogP contribution in [0.3, 0.4) is 0 Å². The van der Waals surface area contributed by atoms with Crippen LogP contribution in [0, 0.1) is 30.9 Å². The second kappa shape index (κ2) is 6.38. The molecule has 0 spiro atoms. The Labute approximate surface area is 139 Å². The summed E-state index contributed by atoms with van der Waals surface area (Å²) < 4.78 is 5.34. The fourth-order valence-electron chi connectivity index (χ4n) is 2.55. The molecule has 2 aromatic rings. The van der Waals surface area contributed by atoms with E-state index in [9.17, 15) is 14.9 Å². The summed E-state index contributed by atoms with van der Waals surface area (Å²) in [5, 5.41) is 11.1. The molecule has 5 nitrogen and oxygen atoms in total. The number of nitrogens with zero attached hydrogens (tertiary/aromatic N) is 1. The van der Waals surface area contributed by atoms with Crippen LogP contribution < -0.4 is 4.74 Å². The van der Waals surface area contributed by atoms with Crippen LogP contribution in [0.25, 0.3) is 0 Å². The van der Waals surface area contributed by atoms with Gasteiger partial charge >= 0.3 is 0 Å². The van der Waals surface area contributed by atoms with Gasteiger partial charge in [-0.25, -0.2) is 0 Å².